The van der Waals surface area contributed by atoms with E-state index in [4.69, 9.17) is 27.0 Å². The molecule has 1 atom stereocenters. The van der Waals surface area contributed by atoms with Crippen molar-refractivity contribution in [2.24, 2.45) is 0 Å². The summed E-state index contributed by atoms with van der Waals surface area (Å²) in [4.78, 5) is 0. The van der Waals surface area contributed by atoms with Crippen LogP contribution in [0.5, 0.6) is 5.75 Å². The van der Waals surface area contributed by atoms with Gasteiger partial charge in [-0.05, 0) is 18.6 Å². The fraction of sp³-hybridized carbons (Fsp3) is 0.667. The Bertz CT molecular complexity index is 522. The summed E-state index contributed by atoms with van der Waals surface area (Å²) in [6, 6.07) is 9.72. The number of rotatable bonds is 13. The van der Waals surface area contributed by atoms with Crippen molar-refractivity contribution in [3.8, 4) is 5.75 Å². The van der Waals surface area contributed by atoms with Gasteiger partial charge < -0.3 is 23.7 Å². The van der Waals surface area contributed by atoms with Crippen LogP contribution in [0.15, 0.2) is 30.3 Å². The molecule has 0 heterocycles. The fourth-order valence-corrected chi connectivity index (χ4v) is 2.27. The van der Waals surface area contributed by atoms with Gasteiger partial charge >= 0.3 is 59.1 Å². The Morgan fingerprint density at radius 1 is 0.964 bits per heavy atom. The number of unbranched alkanes of at least 4 members (excludes halogenated alkanes) is 5. The Labute approximate surface area is 213 Å². The summed E-state index contributed by atoms with van der Waals surface area (Å²) >= 11 is 0. The molecule has 0 aliphatic carbocycles. The first-order valence-electron chi connectivity index (χ1n) is 8.93. The van der Waals surface area contributed by atoms with E-state index in [1.807, 2.05) is 30.3 Å². The topological polar surface area (TPSA) is 119 Å². The monoisotopic (exact) mass is 436 g/mol. The molecule has 7 nitrogen and oxygen atoms in total. The van der Waals surface area contributed by atoms with Crippen LogP contribution in [-0.2, 0) is 15.1 Å². The van der Waals surface area contributed by atoms with Gasteiger partial charge in [-0.3, -0.25) is 8.42 Å². The fourth-order valence-electron chi connectivity index (χ4n) is 2.27. The molecule has 0 saturated carbocycles. The Morgan fingerprint density at radius 2 is 1.50 bits per heavy atom. The standard InChI is InChI=1S/C18H30O3.2Na.H2O4S/c1-2-3-4-5-6-8-13-18(16-19)21-15-14-20-17-11-9-7-10-12-17;;;1-5(2,3)4/h7,9-12,18-19H,2-6,8,13-16H2,1H3;;;(H2,1,2,3,4)/q;2*+1;/p-2. The van der Waals surface area contributed by atoms with Crippen molar-refractivity contribution < 1.29 is 91.2 Å². The van der Waals surface area contributed by atoms with Crippen molar-refractivity contribution in [2.75, 3.05) is 19.8 Å². The summed E-state index contributed by atoms with van der Waals surface area (Å²) in [6.07, 6.45) is 8.49. The smallest absolute Gasteiger partial charge is 0.759 e. The quantitative estimate of drug-likeness (QED) is 0.150. The predicted molar refractivity (Wildman–Crippen MR) is 97.2 cm³/mol. The molecule has 1 aromatic rings. The van der Waals surface area contributed by atoms with E-state index in [1.54, 1.807) is 0 Å². The zero-order valence-corrected chi connectivity index (χ0v) is 22.2. The normalized spacial score (nSPS) is 11.3. The molecule has 0 aliphatic heterocycles. The number of ether oxygens (including phenoxy) is 2. The third-order valence-corrected chi connectivity index (χ3v) is 3.53. The number of hydrogen-bond acceptors (Lipinski definition) is 7. The molecule has 0 aliphatic rings. The molecule has 1 rings (SSSR count). The Balaban J connectivity index is -0.000000793. The van der Waals surface area contributed by atoms with Crippen LogP contribution in [0.1, 0.15) is 51.9 Å². The van der Waals surface area contributed by atoms with Crippen molar-refractivity contribution in [2.45, 2.75) is 58.0 Å². The molecular weight excluding hydrogens is 406 g/mol. The molecule has 0 radical (unpaired) electrons. The van der Waals surface area contributed by atoms with Gasteiger partial charge in [0.15, 0.2) is 0 Å². The zero-order valence-electron chi connectivity index (χ0n) is 17.3. The Kier molecular flexibility index (Phi) is 26.9. The molecule has 10 heteroatoms. The number of benzene rings is 1. The third-order valence-electron chi connectivity index (χ3n) is 3.53. The van der Waals surface area contributed by atoms with E-state index in [0.717, 1.165) is 18.6 Å². The van der Waals surface area contributed by atoms with E-state index < -0.39 is 10.4 Å². The second-order valence-corrected chi connectivity index (χ2v) is 6.62. The maximum Gasteiger partial charge on any atom is 1.00 e. The predicted octanol–water partition coefficient (Wildman–Crippen LogP) is -3.14. The molecule has 1 N–H and O–H groups in total. The van der Waals surface area contributed by atoms with Crippen LogP contribution >= 0.6 is 0 Å². The van der Waals surface area contributed by atoms with Crippen LogP contribution in [-0.4, -0.2) is 48.6 Å². The van der Waals surface area contributed by atoms with Crippen LogP contribution in [0.3, 0.4) is 0 Å². The molecule has 0 amide bonds. The van der Waals surface area contributed by atoms with Crippen molar-refractivity contribution >= 4 is 10.4 Å². The molecule has 0 spiro atoms. The minimum Gasteiger partial charge on any atom is -0.759 e. The number of aliphatic hydroxyl groups is 1. The van der Waals surface area contributed by atoms with Gasteiger partial charge in [0.05, 0.1) is 19.3 Å². The van der Waals surface area contributed by atoms with E-state index in [-0.39, 0.29) is 71.8 Å². The van der Waals surface area contributed by atoms with Gasteiger partial charge in [-0.2, -0.15) is 0 Å². The summed E-state index contributed by atoms with van der Waals surface area (Å²) in [7, 11) is -5.17. The maximum atomic E-state index is 9.32. The summed E-state index contributed by atoms with van der Waals surface area (Å²) in [5.74, 6) is 0.859. The first-order chi connectivity index (χ1) is 12.4. The van der Waals surface area contributed by atoms with Crippen LogP contribution in [0.2, 0.25) is 0 Å². The number of para-hydroxylation sites is 1. The third kappa shape index (κ3) is 26.8. The van der Waals surface area contributed by atoms with Crippen LogP contribution in [0.25, 0.3) is 0 Å². The van der Waals surface area contributed by atoms with E-state index in [1.165, 1.54) is 32.1 Å². The molecule has 0 saturated heterocycles. The van der Waals surface area contributed by atoms with Gasteiger partial charge in [0.25, 0.3) is 0 Å². The van der Waals surface area contributed by atoms with Crippen molar-refractivity contribution in [3.63, 3.8) is 0 Å². The summed E-state index contributed by atoms with van der Waals surface area (Å²) < 4.78 is 45.3. The molecule has 28 heavy (non-hydrogen) atoms. The molecule has 152 valence electrons. The Morgan fingerprint density at radius 3 is 2.04 bits per heavy atom. The van der Waals surface area contributed by atoms with Gasteiger partial charge in [0, 0.05) is 10.4 Å². The minimum absolute atomic E-state index is 0. The van der Waals surface area contributed by atoms with Gasteiger partial charge in [0.2, 0.25) is 0 Å². The first-order valence-corrected chi connectivity index (χ1v) is 10.3. The molecule has 0 aromatic heterocycles. The molecule has 0 bridgehead atoms. The number of hydrogen-bond donors (Lipinski definition) is 1. The zero-order chi connectivity index (χ0) is 19.7. The van der Waals surface area contributed by atoms with E-state index in [2.05, 4.69) is 6.92 Å². The van der Waals surface area contributed by atoms with Crippen molar-refractivity contribution in [1.29, 1.82) is 0 Å². The largest absolute Gasteiger partial charge is 1.00 e. The molecule has 1 unspecified atom stereocenters. The van der Waals surface area contributed by atoms with Gasteiger partial charge in [0.1, 0.15) is 12.4 Å². The van der Waals surface area contributed by atoms with Gasteiger partial charge in [-0.15, -0.1) is 0 Å². The first kappa shape index (κ1) is 33.4. The average molecular weight is 436 g/mol. The maximum absolute atomic E-state index is 9.32. The summed E-state index contributed by atoms with van der Waals surface area (Å²) in [6.45, 7) is 3.38. The van der Waals surface area contributed by atoms with Crippen LogP contribution in [0, 0.1) is 0 Å². The number of aliphatic hydroxyl groups excluding tert-OH is 1. The van der Waals surface area contributed by atoms with Crippen LogP contribution in [0.4, 0.5) is 0 Å². The summed E-state index contributed by atoms with van der Waals surface area (Å²) in [5, 5.41) is 9.32. The van der Waals surface area contributed by atoms with Gasteiger partial charge in [-0.1, -0.05) is 63.6 Å². The van der Waals surface area contributed by atoms with Crippen LogP contribution < -0.4 is 63.9 Å². The second kappa shape index (κ2) is 22.5. The second-order valence-electron chi connectivity index (χ2n) is 5.80. The molecule has 0 fully saturated rings. The Hall–Kier alpha value is 0.810. The van der Waals surface area contributed by atoms with E-state index in [0.29, 0.717) is 13.2 Å². The molecular formula is C18H30Na2O7S. The van der Waals surface area contributed by atoms with E-state index in [9.17, 15) is 5.11 Å². The molecule has 1 aromatic carbocycles. The van der Waals surface area contributed by atoms with Crippen molar-refractivity contribution in [3.05, 3.63) is 30.3 Å². The minimum atomic E-state index is -5.17. The summed E-state index contributed by atoms with van der Waals surface area (Å²) in [5.41, 5.74) is 0. The van der Waals surface area contributed by atoms with Crippen molar-refractivity contribution in [1.82, 2.24) is 0 Å². The SMILES string of the molecule is CCCCCCCCC(CO)OCCOc1ccccc1.O=S(=O)([O-])[O-].[Na+].[Na+]. The van der Waals surface area contributed by atoms with E-state index >= 15 is 0 Å². The average Bonchev–Trinajstić information content (AvgIpc) is 2.59. The van der Waals surface area contributed by atoms with Gasteiger partial charge in [-0.25, -0.2) is 0 Å².